The molecule has 1 aromatic heterocycles. The Kier molecular flexibility index (Phi) is 9.46. The number of nitrogens with one attached hydrogen (secondary N) is 2. The molecule has 2 heterocycles. The van der Waals surface area contributed by atoms with Crippen LogP contribution in [0.2, 0.25) is 4.34 Å². The van der Waals surface area contributed by atoms with E-state index >= 15 is 0 Å². The van der Waals surface area contributed by atoms with Gasteiger partial charge in [-0.3, -0.25) is 19.3 Å². The van der Waals surface area contributed by atoms with Crippen LogP contribution in [0.15, 0.2) is 36.4 Å². The lowest BCUT2D eigenvalue weighted by Crippen LogP contribution is -2.54. The summed E-state index contributed by atoms with van der Waals surface area (Å²) in [6, 6.07) is 10.1. The number of thiophene rings is 1. The monoisotopic (exact) mass is 560 g/mol. The Morgan fingerprint density at radius 3 is 2.50 bits per heavy atom. The fourth-order valence-corrected chi connectivity index (χ4v) is 5.72. The van der Waals surface area contributed by atoms with Gasteiger partial charge in [0.05, 0.1) is 15.8 Å². The number of carbonyl (C=O) groups excluding carboxylic acids is 3. The van der Waals surface area contributed by atoms with E-state index in [0.717, 1.165) is 31.6 Å². The molecule has 0 unspecified atom stereocenters. The maximum atomic E-state index is 13.7. The van der Waals surface area contributed by atoms with E-state index in [1.807, 2.05) is 12.1 Å². The van der Waals surface area contributed by atoms with Crippen LogP contribution in [0.25, 0.3) is 0 Å². The van der Waals surface area contributed by atoms with E-state index < -0.39 is 6.04 Å². The Labute approximate surface area is 233 Å². The maximum absolute atomic E-state index is 13.7. The van der Waals surface area contributed by atoms with Crippen molar-refractivity contribution < 1.29 is 19.1 Å². The van der Waals surface area contributed by atoms with Crippen molar-refractivity contribution in [2.75, 3.05) is 49.6 Å². The van der Waals surface area contributed by atoms with Crippen molar-refractivity contribution in [1.29, 1.82) is 0 Å². The van der Waals surface area contributed by atoms with Gasteiger partial charge < -0.3 is 20.3 Å². The smallest absolute Gasteiger partial charge is 0.261 e. The average molecular weight is 561 g/mol. The number of benzene rings is 1. The zero-order chi connectivity index (χ0) is 27.3. The van der Waals surface area contributed by atoms with Crippen LogP contribution < -0.4 is 15.5 Å². The van der Waals surface area contributed by atoms with E-state index in [2.05, 4.69) is 36.3 Å². The van der Waals surface area contributed by atoms with Crippen LogP contribution in [0.4, 0.5) is 11.4 Å². The van der Waals surface area contributed by atoms with Crippen molar-refractivity contribution in [3.05, 3.63) is 45.6 Å². The summed E-state index contributed by atoms with van der Waals surface area (Å²) in [5, 5.41) is 6.01. The molecule has 1 saturated heterocycles. The molecule has 8 nitrogen and oxygen atoms in total. The van der Waals surface area contributed by atoms with Crippen LogP contribution in [0.1, 0.15) is 49.7 Å². The van der Waals surface area contributed by atoms with Gasteiger partial charge in [-0.1, -0.05) is 38.8 Å². The van der Waals surface area contributed by atoms with Gasteiger partial charge in [0.15, 0.2) is 0 Å². The van der Waals surface area contributed by atoms with E-state index in [0.29, 0.717) is 34.0 Å². The largest absolute Gasteiger partial charge is 0.370 e. The summed E-state index contributed by atoms with van der Waals surface area (Å²) in [5.41, 5.74) is 1.38. The molecule has 1 aliphatic carbocycles. The highest BCUT2D eigenvalue weighted by Crippen LogP contribution is 2.30. The Morgan fingerprint density at radius 2 is 1.92 bits per heavy atom. The van der Waals surface area contributed by atoms with Gasteiger partial charge in [-0.15, -0.1) is 11.3 Å². The van der Waals surface area contributed by atoms with Gasteiger partial charge in [-0.2, -0.15) is 0 Å². The summed E-state index contributed by atoms with van der Waals surface area (Å²) < 4.78 is 5.76. The summed E-state index contributed by atoms with van der Waals surface area (Å²) in [5.74, 6) is 0.0707. The van der Waals surface area contributed by atoms with Gasteiger partial charge in [-0.05, 0) is 60.6 Å². The second-order valence-corrected chi connectivity index (χ2v) is 13.0. The molecular weight excluding hydrogens is 524 g/mol. The molecule has 0 radical (unpaired) electrons. The van der Waals surface area contributed by atoms with Crippen molar-refractivity contribution in [2.24, 2.45) is 11.3 Å². The SMILES string of the molecule is CC(C)(C)CN(CC1CCC1)[C@H](CNC(=O)c1ccc(Cl)s1)C(=O)Nc1ccc(N2CCOCC2=O)cc1. The molecule has 2 aromatic rings. The van der Waals surface area contributed by atoms with Crippen LogP contribution in [0, 0.1) is 11.3 Å². The molecule has 1 aliphatic heterocycles. The standard InChI is InChI=1S/C28H37ClN4O4S/c1-28(2,3)18-32(16-19-5-4-6-19)22(15-30-27(36)23-11-12-24(29)38-23)26(35)31-20-7-9-21(10-8-20)33-13-14-37-17-25(33)34/h7-12,19,22H,4-6,13-18H2,1-3H3,(H,30,36)(H,31,35)/t22-/m1/s1. The number of morpholine rings is 1. The van der Waals surface area contributed by atoms with Gasteiger partial charge >= 0.3 is 0 Å². The number of amides is 3. The molecule has 0 bridgehead atoms. The first-order chi connectivity index (χ1) is 18.1. The summed E-state index contributed by atoms with van der Waals surface area (Å²) in [4.78, 5) is 43.1. The number of rotatable bonds is 10. The molecule has 0 spiro atoms. The first-order valence-corrected chi connectivity index (χ1v) is 14.3. The summed E-state index contributed by atoms with van der Waals surface area (Å²) in [7, 11) is 0. The van der Waals surface area contributed by atoms with Crippen LogP contribution in [0.5, 0.6) is 0 Å². The minimum atomic E-state index is -0.547. The first kappa shape index (κ1) is 28.5. The molecule has 38 heavy (non-hydrogen) atoms. The second-order valence-electron chi connectivity index (χ2n) is 11.3. The minimum absolute atomic E-state index is 0.0279. The van der Waals surface area contributed by atoms with E-state index in [-0.39, 0.29) is 36.3 Å². The molecule has 10 heteroatoms. The van der Waals surface area contributed by atoms with Gasteiger partial charge in [0.25, 0.3) is 11.8 Å². The lowest BCUT2D eigenvalue weighted by atomic mass is 9.84. The van der Waals surface area contributed by atoms with Gasteiger partial charge in [0.2, 0.25) is 5.91 Å². The highest BCUT2D eigenvalue weighted by Gasteiger charge is 2.33. The molecule has 4 rings (SSSR count). The number of hydrogen-bond acceptors (Lipinski definition) is 6. The molecule has 1 aromatic carbocycles. The molecule has 2 N–H and O–H groups in total. The maximum Gasteiger partial charge on any atom is 0.261 e. The van der Waals surface area contributed by atoms with Crippen molar-refractivity contribution in [2.45, 2.75) is 46.1 Å². The summed E-state index contributed by atoms with van der Waals surface area (Å²) in [6.07, 6.45) is 3.55. The molecule has 1 saturated carbocycles. The van der Waals surface area contributed by atoms with E-state index in [1.54, 1.807) is 29.2 Å². The quantitative estimate of drug-likeness (QED) is 0.441. The molecule has 206 valence electrons. The van der Waals surface area contributed by atoms with Crippen molar-refractivity contribution in [1.82, 2.24) is 10.2 Å². The third-order valence-electron chi connectivity index (χ3n) is 6.82. The summed E-state index contributed by atoms with van der Waals surface area (Å²) >= 11 is 7.23. The molecule has 2 fully saturated rings. The van der Waals surface area contributed by atoms with Crippen LogP contribution in [-0.4, -0.2) is 68.1 Å². The Bertz CT molecular complexity index is 1130. The van der Waals surface area contributed by atoms with Gasteiger partial charge in [0, 0.05) is 37.6 Å². The Hall–Kier alpha value is -2.46. The third kappa shape index (κ3) is 7.79. The number of anilines is 2. The Morgan fingerprint density at radius 1 is 1.18 bits per heavy atom. The number of halogens is 1. The van der Waals surface area contributed by atoms with Gasteiger partial charge in [0.1, 0.15) is 12.6 Å². The topological polar surface area (TPSA) is 91.0 Å². The van der Waals surface area contributed by atoms with E-state index in [9.17, 15) is 14.4 Å². The molecular formula is C28H37ClN4O4S. The summed E-state index contributed by atoms with van der Waals surface area (Å²) in [6.45, 7) is 9.28. The van der Waals surface area contributed by atoms with Crippen LogP contribution in [-0.2, 0) is 14.3 Å². The average Bonchev–Trinajstić information content (AvgIpc) is 3.27. The predicted octanol–water partition coefficient (Wildman–Crippen LogP) is 4.65. The van der Waals surface area contributed by atoms with Crippen LogP contribution >= 0.6 is 22.9 Å². The zero-order valence-corrected chi connectivity index (χ0v) is 23.9. The fraction of sp³-hybridized carbons (Fsp3) is 0.536. The molecule has 3 amide bonds. The highest BCUT2D eigenvalue weighted by molar-refractivity contribution is 7.18. The van der Waals surface area contributed by atoms with Crippen LogP contribution in [0.3, 0.4) is 0 Å². The molecule has 2 aliphatic rings. The van der Waals surface area contributed by atoms with E-state index in [1.165, 1.54) is 17.8 Å². The highest BCUT2D eigenvalue weighted by atomic mass is 35.5. The van der Waals surface area contributed by atoms with E-state index in [4.69, 9.17) is 16.3 Å². The fourth-order valence-electron chi connectivity index (χ4n) is 4.76. The van der Waals surface area contributed by atoms with Crippen molar-refractivity contribution in [3.63, 3.8) is 0 Å². The number of nitrogens with zero attached hydrogens (tertiary/aromatic N) is 2. The predicted molar refractivity (Wildman–Crippen MR) is 152 cm³/mol. The normalized spacial score (nSPS) is 17.3. The molecule has 1 atom stereocenters. The second kappa shape index (κ2) is 12.6. The lowest BCUT2D eigenvalue weighted by Gasteiger charge is -2.40. The van der Waals surface area contributed by atoms with Gasteiger partial charge in [-0.25, -0.2) is 0 Å². The minimum Gasteiger partial charge on any atom is -0.370 e. The Balaban J connectivity index is 1.50. The number of hydrogen-bond donors (Lipinski definition) is 2. The zero-order valence-electron chi connectivity index (χ0n) is 22.3. The number of carbonyl (C=O) groups is 3. The first-order valence-electron chi connectivity index (χ1n) is 13.2. The third-order valence-corrected chi connectivity index (χ3v) is 8.05. The van der Waals surface area contributed by atoms with Crippen molar-refractivity contribution >= 4 is 52.0 Å². The lowest BCUT2D eigenvalue weighted by molar-refractivity contribution is -0.125. The van der Waals surface area contributed by atoms with Crippen molar-refractivity contribution in [3.8, 4) is 0 Å². The number of ether oxygens (including phenoxy) is 1.